The number of aliphatic hydroxyl groups is 2. The van der Waals surface area contributed by atoms with Crippen molar-refractivity contribution in [3.05, 3.63) is 35.4 Å². The highest BCUT2D eigenvalue weighted by atomic mass is 16.4. The Labute approximate surface area is 154 Å². The van der Waals surface area contributed by atoms with Crippen molar-refractivity contribution in [1.82, 2.24) is 10.2 Å². The number of carbonyl (C=O) groups is 4. The summed E-state index contributed by atoms with van der Waals surface area (Å²) in [6, 6.07) is 7.06. The van der Waals surface area contributed by atoms with E-state index in [0.29, 0.717) is 17.7 Å². The molecule has 0 aliphatic carbocycles. The Bertz CT molecular complexity index is 691. The maximum Gasteiger partial charge on any atom is 0.335 e. The van der Waals surface area contributed by atoms with Gasteiger partial charge in [-0.2, -0.15) is 0 Å². The van der Waals surface area contributed by atoms with Gasteiger partial charge >= 0.3 is 11.9 Å². The molecule has 1 aromatic carbocycles. The predicted octanol–water partition coefficient (Wildman–Crippen LogP) is -1.09. The summed E-state index contributed by atoms with van der Waals surface area (Å²) in [5, 5.41) is 35.8. The lowest BCUT2D eigenvalue weighted by atomic mass is 10.1. The maximum absolute atomic E-state index is 12.2. The molecule has 2 heterocycles. The Morgan fingerprint density at radius 1 is 1.00 bits per heavy atom. The van der Waals surface area contributed by atoms with Crippen LogP contribution in [0, 0.1) is 0 Å². The quantitative estimate of drug-likeness (QED) is 0.408. The standard InChI is InChI=1S/C13H14N2O2.C4H6O6/c16-12-10-5-1-2-6-11(10)13(17)15(12)9-4-3-7-14-8-9;5-1(3(7)8)2(6)4(9)10/h1-2,5-6,9,14H,3-4,7-8H2;1-2,5-6H,(H,7,8)(H,9,10). The van der Waals surface area contributed by atoms with E-state index in [1.807, 2.05) is 0 Å². The number of amides is 2. The molecular weight excluding hydrogens is 360 g/mol. The van der Waals surface area contributed by atoms with Gasteiger partial charge in [-0.3, -0.25) is 14.5 Å². The van der Waals surface area contributed by atoms with Gasteiger partial charge in [0.05, 0.1) is 17.2 Å². The third-order valence-electron chi connectivity index (χ3n) is 4.27. The molecule has 2 amide bonds. The first kappa shape index (κ1) is 20.5. The van der Waals surface area contributed by atoms with Crippen LogP contribution in [0.15, 0.2) is 24.3 Å². The van der Waals surface area contributed by atoms with Crippen LogP contribution in [0.3, 0.4) is 0 Å². The van der Waals surface area contributed by atoms with Gasteiger partial charge in [0.25, 0.3) is 11.8 Å². The van der Waals surface area contributed by atoms with Gasteiger partial charge in [0.2, 0.25) is 0 Å². The minimum atomic E-state index is -2.27. The van der Waals surface area contributed by atoms with Crippen molar-refractivity contribution in [2.24, 2.45) is 0 Å². The molecule has 10 nitrogen and oxygen atoms in total. The lowest BCUT2D eigenvalue weighted by molar-refractivity contribution is -0.165. The second kappa shape index (κ2) is 8.71. The average Bonchev–Trinajstić information content (AvgIpc) is 2.92. The van der Waals surface area contributed by atoms with Crippen LogP contribution in [0.5, 0.6) is 0 Å². The zero-order valence-corrected chi connectivity index (χ0v) is 14.2. The molecule has 146 valence electrons. The predicted molar refractivity (Wildman–Crippen MR) is 90.1 cm³/mol. The van der Waals surface area contributed by atoms with Crippen LogP contribution in [0.4, 0.5) is 0 Å². The Morgan fingerprint density at radius 2 is 1.48 bits per heavy atom. The van der Waals surface area contributed by atoms with Crippen molar-refractivity contribution in [3.8, 4) is 0 Å². The Balaban J connectivity index is 0.000000227. The lowest BCUT2D eigenvalue weighted by Gasteiger charge is -2.29. The third kappa shape index (κ3) is 4.48. The number of piperidine rings is 1. The Morgan fingerprint density at radius 3 is 1.85 bits per heavy atom. The highest BCUT2D eigenvalue weighted by Gasteiger charge is 2.39. The van der Waals surface area contributed by atoms with E-state index in [2.05, 4.69) is 5.32 Å². The first-order valence-corrected chi connectivity index (χ1v) is 8.25. The first-order valence-electron chi connectivity index (χ1n) is 8.25. The van der Waals surface area contributed by atoms with E-state index in [0.717, 1.165) is 19.4 Å². The first-order chi connectivity index (χ1) is 12.8. The molecule has 1 fully saturated rings. The number of fused-ring (bicyclic) bond motifs is 1. The van der Waals surface area contributed by atoms with E-state index in [4.69, 9.17) is 20.4 Å². The van der Waals surface area contributed by atoms with Crippen molar-refractivity contribution in [2.75, 3.05) is 13.1 Å². The number of carboxylic acids is 2. The van der Waals surface area contributed by atoms with Gasteiger partial charge in [-0.05, 0) is 31.5 Å². The van der Waals surface area contributed by atoms with Crippen LogP contribution in [0.2, 0.25) is 0 Å². The Kier molecular flexibility index (Phi) is 6.61. The molecule has 0 aromatic heterocycles. The van der Waals surface area contributed by atoms with Crippen molar-refractivity contribution in [1.29, 1.82) is 0 Å². The number of benzene rings is 1. The van der Waals surface area contributed by atoms with Crippen molar-refractivity contribution >= 4 is 23.8 Å². The summed E-state index contributed by atoms with van der Waals surface area (Å²) >= 11 is 0. The monoisotopic (exact) mass is 380 g/mol. The van der Waals surface area contributed by atoms with Gasteiger partial charge < -0.3 is 25.7 Å². The molecule has 0 spiro atoms. The summed E-state index contributed by atoms with van der Waals surface area (Å²) in [6.45, 7) is 1.69. The Hall–Kier alpha value is -2.82. The molecule has 0 saturated carbocycles. The van der Waals surface area contributed by atoms with E-state index in [-0.39, 0.29) is 17.9 Å². The van der Waals surface area contributed by atoms with Crippen LogP contribution in [-0.4, -0.2) is 80.4 Å². The normalized spacial score (nSPS) is 21.0. The van der Waals surface area contributed by atoms with Crippen LogP contribution < -0.4 is 5.32 Å². The summed E-state index contributed by atoms with van der Waals surface area (Å²) in [5.74, 6) is -3.82. The van der Waals surface area contributed by atoms with Crippen LogP contribution in [0.1, 0.15) is 33.6 Å². The second-order valence-corrected chi connectivity index (χ2v) is 6.09. The van der Waals surface area contributed by atoms with Crippen molar-refractivity contribution in [3.63, 3.8) is 0 Å². The summed E-state index contributed by atoms with van der Waals surface area (Å²) in [7, 11) is 0. The summed E-state index contributed by atoms with van der Waals surface area (Å²) in [4.78, 5) is 45.3. The summed E-state index contributed by atoms with van der Waals surface area (Å²) in [6.07, 6.45) is -2.62. The third-order valence-corrected chi connectivity index (χ3v) is 4.27. The average molecular weight is 380 g/mol. The van der Waals surface area contributed by atoms with Crippen molar-refractivity contribution in [2.45, 2.75) is 31.1 Å². The molecule has 5 N–H and O–H groups in total. The van der Waals surface area contributed by atoms with E-state index in [9.17, 15) is 19.2 Å². The molecule has 27 heavy (non-hydrogen) atoms. The number of aliphatic carboxylic acids is 2. The zero-order valence-electron chi connectivity index (χ0n) is 14.2. The van der Waals surface area contributed by atoms with Crippen molar-refractivity contribution < 1.29 is 39.6 Å². The molecule has 0 radical (unpaired) electrons. The molecule has 3 rings (SSSR count). The SMILES string of the molecule is O=C(O)C(O)C(O)C(=O)O.O=C1c2ccccc2C(=O)N1C1CCCNC1. The number of hydrogen-bond acceptors (Lipinski definition) is 7. The minimum Gasteiger partial charge on any atom is -0.479 e. The van der Waals surface area contributed by atoms with Gasteiger partial charge in [-0.15, -0.1) is 0 Å². The smallest absolute Gasteiger partial charge is 0.335 e. The summed E-state index contributed by atoms with van der Waals surface area (Å²) in [5.41, 5.74) is 1.09. The van der Waals surface area contributed by atoms with E-state index < -0.39 is 24.1 Å². The largest absolute Gasteiger partial charge is 0.479 e. The maximum atomic E-state index is 12.2. The molecule has 3 unspecified atom stereocenters. The van der Waals surface area contributed by atoms with Gasteiger partial charge in [0.15, 0.2) is 12.2 Å². The molecule has 2 aliphatic rings. The fraction of sp³-hybridized carbons (Fsp3) is 0.412. The molecule has 3 atom stereocenters. The van der Waals surface area contributed by atoms with Gasteiger partial charge in [0, 0.05) is 6.54 Å². The van der Waals surface area contributed by atoms with Gasteiger partial charge in [0.1, 0.15) is 0 Å². The highest BCUT2D eigenvalue weighted by Crippen LogP contribution is 2.26. The molecule has 2 aliphatic heterocycles. The summed E-state index contributed by atoms with van der Waals surface area (Å²) < 4.78 is 0. The molecule has 0 bridgehead atoms. The number of aliphatic hydroxyl groups excluding tert-OH is 2. The fourth-order valence-electron chi connectivity index (χ4n) is 2.86. The molecule has 1 aromatic rings. The van der Waals surface area contributed by atoms with Crippen LogP contribution in [0.25, 0.3) is 0 Å². The minimum absolute atomic E-state index is 0.0103. The molecule has 10 heteroatoms. The number of carboxylic acid groups (broad SMARTS) is 2. The number of rotatable bonds is 4. The number of carbonyl (C=O) groups excluding carboxylic acids is 2. The van der Waals surface area contributed by atoms with E-state index in [1.165, 1.54) is 4.90 Å². The van der Waals surface area contributed by atoms with Gasteiger partial charge in [-0.25, -0.2) is 9.59 Å². The number of nitrogens with zero attached hydrogens (tertiary/aromatic N) is 1. The van der Waals surface area contributed by atoms with E-state index in [1.54, 1.807) is 24.3 Å². The van der Waals surface area contributed by atoms with E-state index >= 15 is 0 Å². The zero-order chi connectivity index (χ0) is 20.1. The second-order valence-electron chi connectivity index (χ2n) is 6.09. The fourth-order valence-corrected chi connectivity index (χ4v) is 2.86. The van der Waals surface area contributed by atoms with Gasteiger partial charge in [-0.1, -0.05) is 12.1 Å². The van der Waals surface area contributed by atoms with Crippen LogP contribution >= 0.6 is 0 Å². The van der Waals surface area contributed by atoms with Crippen LogP contribution in [-0.2, 0) is 9.59 Å². The number of imide groups is 1. The number of nitrogens with one attached hydrogen (secondary N) is 1. The number of hydrogen-bond donors (Lipinski definition) is 5. The topological polar surface area (TPSA) is 164 Å². The lowest BCUT2D eigenvalue weighted by Crippen LogP contribution is -2.48. The molecule has 1 saturated heterocycles. The molecular formula is C17H20N2O8. The highest BCUT2D eigenvalue weighted by molar-refractivity contribution is 6.21.